The maximum absolute atomic E-state index is 12.6. The van der Waals surface area contributed by atoms with Gasteiger partial charge in [-0.3, -0.25) is 9.69 Å². The molecule has 1 aromatic carbocycles. The summed E-state index contributed by atoms with van der Waals surface area (Å²) in [5, 5.41) is 3.36. The van der Waals surface area contributed by atoms with E-state index in [2.05, 4.69) is 48.5 Å². The fourth-order valence-corrected chi connectivity index (χ4v) is 3.42. The minimum Gasteiger partial charge on any atom is -0.349 e. The van der Waals surface area contributed by atoms with E-state index in [0.717, 1.165) is 32.2 Å². The third-order valence-corrected chi connectivity index (χ3v) is 5.11. The SMILES string of the molecule is Cc1ccccc1CC1(NC(=O)[C@@H]2CCCCN2C)CC1. The molecule has 1 atom stereocenters. The predicted molar refractivity (Wildman–Crippen MR) is 85.3 cm³/mol. The van der Waals surface area contributed by atoms with Crippen LogP contribution in [0.4, 0.5) is 0 Å². The zero-order valence-corrected chi connectivity index (χ0v) is 13.2. The van der Waals surface area contributed by atoms with Gasteiger partial charge in [0.05, 0.1) is 6.04 Å². The smallest absolute Gasteiger partial charge is 0.237 e. The van der Waals surface area contributed by atoms with E-state index < -0.39 is 0 Å². The van der Waals surface area contributed by atoms with Gasteiger partial charge < -0.3 is 5.32 Å². The summed E-state index contributed by atoms with van der Waals surface area (Å²) in [6, 6.07) is 8.59. The van der Waals surface area contributed by atoms with E-state index >= 15 is 0 Å². The summed E-state index contributed by atoms with van der Waals surface area (Å²) in [4.78, 5) is 14.8. The molecule has 1 aliphatic heterocycles. The Hall–Kier alpha value is -1.35. The van der Waals surface area contributed by atoms with E-state index in [0.29, 0.717) is 0 Å². The lowest BCUT2D eigenvalue weighted by Crippen LogP contribution is -2.51. The number of carbonyl (C=O) groups excluding carboxylic acids is 1. The van der Waals surface area contributed by atoms with Crippen molar-refractivity contribution in [2.75, 3.05) is 13.6 Å². The Labute approximate surface area is 127 Å². The third-order valence-electron chi connectivity index (χ3n) is 5.11. The minimum atomic E-state index is 0.0292. The second-order valence-corrected chi connectivity index (χ2v) is 6.87. The highest BCUT2D eigenvalue weighted by molar-refractivity contribution is 5.83. The molecule has 1 N–H and O–H groups in total. The molecule has 0 bridgehead atoms. The molecule has 3 rings (SSSR count). The zero-order valence-electron chi connectivity index (χ0n) is 13.2. The second kappa shape index (κ2) is 5.80. The largest absolute Gasteiger partial charge is 0.349 e. The second-order valence-electron chi connectivity index (χ2n) is 6.87. The summed E-state index contributed by atoms with van der Waals surface area (Å²) in [5.74, 6) is 0.239. The van der Waals surface area contributed by atoms with Gasteiger partial charge in [-0.2, -0.15) is 0 Å². The van der Waals surface area contributed by atoms with E-state index in [-0.39, 0.29) is 17.5 Å². The first-order valence-corrected chi connectivity index (χ1v) is 8.16. The van der Waals surface area contributed by atoms with Crippen molar-refractivity contribution in [1.29, 1.82) is 0 Å². The van der Waals surface area contributed by atoms with Crippen LogP contribution in [0.2, 0.25) is 0 Å². The number of benzene rings is 1. The average molecular weight is 286 g/mol. The summed E-state index contributed by atoms with van der Waals surface area (Å²) < 4.78 is 0. The Morgan fingerprint density at radius 2 is 2.10 bits per heavy atom. The summed E-state index contributed by atoms with van der Waals surface area (Å²) in [7, 11) is 2.07. The molecular formula is C18H26N2O. The quantitative estimate of drug-likeness (QED) is 0.923. The van der Waals surface area contributed by atoms with Crippen LogP contribution in [0, 0.1) is 6.92 Å². The van der Waals surface area contributed by atoms with Gasteiger partial charge in [0.1, 0.15) is 0 Å². The number of nitrogens with one attached hydrogen (secondary N) is 1. The van der Waals surface area contributed by atoms with Gasteiger partial charge >= 0.3 is 0 Å². The van der Waals surface area contributed by atoms with E-state index in [1.54, 1.807) is 0 Å². The molecule has 1 amide bonds. The summed E-state index contributed by atoms with van der Waals surface area (Å²) in [6.45, 7) is 3.20. The number of piperidine rings is 1. The molecule has 1 aromatic rings. The summed E-state index contributed by atoms with van der Waals surface area (Å²) >= 11 is 0. The lowest BCUT2D eigenvalue weighted by Gasteiger charge is -2.32. The van der Waals surface area contributed by atoms with Gasteiger partial charge in [-0.1, -0.05) is 30.7 Å². The van der Waals surface area contributed by atoms with Crippen LogP contribution < -0.4 is 5.32 Å². The van der Waals surface area contributed by atoms with Crippen molar-refractivity contribution in [3.8, 4) is 0 Å². The molecule has 2 fully saturated rings. The van der Waals surface area contributed by atoms with Crippen molar-refractivity contribution >= 4 is 5.91 Å². The van der Waals surface area contributed by atoms with Crippen molar-refractivity contribution in [2.45, 2.75) is 57.0 Å². The summed E-state index contributed by atoms with van der Waals surface area (Å²) in [5.41, 5.74) is 2.72. The van der Waals surface area contributed by atoms with Crippen LogP contribution >= 0.6 is 0 Å². The van der Waals surface area contributed by atoms with Crippen molar-refractivity contribution in [3.05, 3.63) is 35.4 Å². The normalized spacial score (nSPS) is 24.6. The standard InChI is InChI=1S/C18H26N2O/c1-14-7-3-4-8-15(14)13-18(10-11-18)19-17(21)16-9-5-6-12-20(16)2/h3-4,7-8,16H,5-6,9-13H2,1-2H3,(H,19,21)/t16-/m0/s1. The molecule has 1 saturated carbocycles. The number of carbonyl (C=O) groups is 1. The Balaban J connectivity index is 1.64. The number of rotatable bonds is 4. The van der Waals surface area contributed by atoms with Crippen molar-refractivity contribution in [2.24, 2.45) is 0 Å². The Morgan fingerprint density at radius 1 is 1.33 bits per heavy atom. The van der Waals surface area contributed by atoms with Crippen LogP contribution in [-0.2, 0) is 11.2 Å². The molecule has 1 saturated heterocycles. The van der Waals surface area contributed by atoms with Gasteiger partial charge in [0.2, 0.25) is 5.91 Å². The number of likely N-dealkylation sites (tertiary alicyclic amines) is 1. The Kier molecular flexibility index (Phi) is 4.03. The van der Waals surface area contributed by atoms with Crippen LogP contribution in [0.3, 0.4) is 0 Å². The van der Waals surface area contributed by atoms with Gasteiger partial charge in [-0.05, 0) is 63.7 Å². The molecule has 3 heteroatoms. The summed E-state index contributed by atoms with van der Waals surface area (Å²) in [6.07, 6.45) is 6.60. The van der Waals surface area contributed by atoms with Gasteiger partial charge in [0, 0.05) is 5.54 Å². The van der Waals surface area contributed by atoms with Gasteiger partial charge in [-0.15, -0.1) is 0 Å². The fraction of sp³-hybridized carbons (Fsp3) is 0.611. The molecule has 114 valence electrons. The first-order valence-electron chi connectivity index (χ1n) is 8.16. The molecule has 1 heterocycles. The van der Waals surface area contributed by atoms with Crippen LogP contribution in [0.25, 0.3) is 0 Å². The molecule has 0 radical (unpaired) electrons. The average Bonchev–Trinajstić information content (AvgIpc) is 3.21. The molecular weight excluding hydrogens is 260 g/mol. The Bertz CT molecular complexity index is 522. The van der Waals surface area contributed by atoms with E-state index in [9.17, 15) is 4.79 Å². The van der Waals surface area contributed by atoms with Crippen LogP contribution in [0.5, 0.6) is 0 Å². The number of likely N-dealkylation sites (N-methyl/N-ethyl adjacent to an activating group) is 1. The number of nitrogens with zero attached hydrogens (tertiary/aromatic N) is 1. The van der Waals surface area contributed by atoms with Crippen molar-refractivity contribution in [1.82, 2.24) is 10.2 Å². The zero-order chi connectivity index (χ0) is 14.9. The minimum absolute atomic E-state index is 0.0292. The number of hydrogen-bond donors (Lipinski definition) is 1. The van der Waals surface area contributed by atoms with Crippen molar-refractivity contribution in [3.63, 3.8) is 0 Å². The number of aryl methyl sites for hydroxylation is 1. The molecule has 3 nitrogen and oxygen atoms in total. The molecule has 0 spiro atoms. The van der Waals surface area contributed by atoms with E-state index in [4.69, 9.17) is 0 Å². The van der Waals surface area contributed by atoms with Crippen molar-refractivity contribution < 1.29 is 4.79 Å². The fourth-order valence-electron chi connectivity index (χ4n) is 3.42. The first-order chi connectivity index (χ1) is 10.1. The lowest BCUT2D eigenvalue weighted by atomic mass is 9.98. The number of amides is 1. The lowest BCUT2D eigenvalue weighted by molar-refractivity contribution is -0.128. The highest BCUT2D eigenvalue weighted by atomic mass is 16.2. The molecule has 21 heavy (non-hydrogen) atoms. The third kappa shape index (κ3) is 3.29. The molecule has 1 aliphatic carbocycles. The highest BCUT2D eigenvalue weighted by Crippen LogP contribution is 2.39. The van der Waals surface area contributed by atoms with Gasteiger partial charge in [0.25, 0.3) is 0 Å². The topological polar surface area (TPSA) is 32.3 Å². The molecule has 2 aliphatic rings. The highest BCUT2D eigenvalue weighted by Gasteiger charge is 2.45. The van der Waals surface area contributed by atoms with Crippen LogP contribution in [0.15, 0.2) is 24.3 Å². The maximum atomic E-state index is 12.6. The predicted octanol–water partition coefficient (Wildman–Crippen LogP) is 2.67. The van der Waals surface area contributed by atoms with Crippen LogP contribution in [-0.4, -0.2) is 36.0 Å². The van der Waals surface area contributed by atoms with E-state index in [1.807, 2.05) is 0 Å². The maximum Gasteiger partial charge on any atom is 0.237 e. The molecule has 0 aromatic heterocycles. The van der Waals surface area contributed by atoms with Gasteiger partial charge in [-0.25, -0.2) is 0 Å². The number of hydrogen-bond acceptors (Lipinski definition) is 2. The van der Waals surface area contributed by atoms with Crippen LogP contribution in [0.1, 0.15) is 43.2 Å². The van der Waals surface area contributed by atoms with Gasteiger partial charge in [0.15, 0.2) is 0 Å². The monoisotopic (exact) mass is 286 g/mol. The molecule has 0 unspecified atom stereocenters. The Morgan fingerprint density at radius 3 is 2.76 bits per heavy atom. The first kappa shape index (κ1) is 14.6. The van der Waals surface area contributed by atoms with E-state index in [1.165, 1.54) is 24.0 Å².